The molecule has 0 radical (unpaired) electrons. The molecular formula is C20H23N3O4S2. The van der Waals surface area contributed by atoms with Crippen molar-refractivity contribution in [2.45, 2.75) is 49.3 Å². The Morgan fingerprint density at radius 3 is 2.72 bits per heavy atom. The molecule has 29 heavy (non-hydrogen) atoms. The van der Waals surface area contributed by atoms with Gasteiger partial charge in [0.25, 0.3) is 5.91 Å². The fraction of sp³-hybridized carbons (Fsp3) is 0.400. The van der Waals surface area contributed by atoms with E-state index in [-0.39, 0.29) is 6.04 Å². The molecule has 154 valence electrons. The second kappa shape index (κ2) is 10.4. The molecule has 1 aliphatic carbocycles. The van der Waals surface area contributed by atoms with E-state index < -0.39 is 24.5 Å². The van der Waals surface area contributed by atoms with Gasteiger partial charge in [-0.25, -0.2) is 14.6 Å². The normalized spacial score (nSPS) is 13.8. The van der Waals surface area contributed by atoms with Gasteiger partial charge >= 0.3 is 12.0 Å². The maximum atomic E-state index is 12.4. The number of hydrogen-bond acceptors (Lipinski definition) is 7. The number of benzene rings is 1. The molecule has 9 heteroatoms. The van der Waals surface area contributed by atoms with E-state index >= 15 is 0 Å². The molecule has 1 aromatic heterocycles. The van der Waals surface area contributed by atoms with Crippen LogP contribution in [0.25, 0.3) is 0 Å². The number of nitrogens with zero attached hydrogens (tertiary/aromatic N) is 1. The van der Waals surface area contributed by atoms with Crippen LogP contribution in [0.15, 0.2) is 34.5 Å². The van der Waals surface area contributed by atoms with E-state index in [1.54, 1.807) is 23.5 Å². The number of rotatable bonds is 7. The fourth-order valence-corrected chi connectivity index (χ4v) is 4.70. The topological polar surface area (TPSA) is 97.4 Å². The predicted molar refractivity (Wildman–Crippen MR) is 112 cm³/mol. The Morgan fingerprint density at radius 1 is 1.24 bits per heavy atom. The Morgan fingerprint density at radius 2 is 2.00 bits per heavy atom. The molecule has 0 aliphatic heterocycles. The summed E-state index contributed by atoms with van der Waals surface area (Å²) in [5.41, 5.74) is 1.33. The molecule has 0 atom stereocenters. The fourth-order valence-electron chi connectivity index (χ4n) is 3.05. The van der Waals surface area contributed by atoms with Crippen LogP contribution in [-0.2, 0) is 15.3 Å². The number of amides is 3. The zero-order valence-corrected chi connectivity index (χ0v) is 17.7. The molecule has 0 spiro atoms. The van der Waals surface area contributed by atoms with Gasteiger partial charge in [0, 0.05) is 22.1 Å². The monoisotopic (exact) mass is 433 g/mol. The summed E-state index contributed by atoms with van der Waals surface area (Å²) in [5.74, 6) is -0.623. The molecule has 2 aromatic rings. The zero-order valence-electron chi connectivity index (χ0n) is 16.1. The number of thioether (sulfide) groups is 1. The SMILES string of the molecule is Cc1nc(CSc2ccccc2C(=O)OCC(=O)NC(=O)NC2CCCC2)cs1. The summed E-state index contributed by atoms with van der Waals surface area (Å²) >= 11 is 3.07. The smallest absolute Gasteiger partial charge is 0.339 e. The predicted octanol–water partition coefficient (Wildman–Crippen LogP) is 3.67. The first-order valence-corrected chi connectivity index (χ1v) is 11.3. The third-order valence-electron chi connectivity index (χ3n) is 4.43. The minimum absolute atomic E-state index is 0.107. The average molecular weight is 434 g/mol. The van der Waals surface area contributed by atoms with E-state index in [0.717, 1.165) is 41.3 Å². The van der Waals surface area contributed by atoms with E-state index in [1.807, 2.05) is 24.4 Å². The van der Waals surface area contributed by atoms with Gasteiger partial charge in [-0.05, 0) is 31.9 Å². The highest BCUT2D eigenvalue weighted by molar-refractivity contribution is 7.98. The molecule has 7 nitrogen and oxygen atoms in total. The highest BCUT2D eigenvalue weighted by Crippen LogP contribution is 2.27. The van der Waals surface area contributed by atoms with Gasteiger partial charge in [0.2, 0.25) is 0 Å². The number of nitrogens with one attached hydrogen (secondary N) is 2. The second-order valence-corrected chi connectivity index (χ2v) is 8.80. The van der Waals surface area contributed by atoms with Crippen molar-refractivity contribution in [1.82, 2.24) is 15.6 Å². The van der Waals surface area contributed by atoms with Crippen molar-refractivity contribution < 1.29 is 19.1 Å². The van der Waals surface area contributed by atoms with Gasteiger partial charge in [-0.3, -0.25) is 10.1 Å². The first-order valence-electron chi connectivity index (χ1n) is 9.41. The number of hydrogen-bond donors (Lipinski definition) is 2. The van der Waals surface area contributed by atoms with Crippen LogP contribution < -0.4 is 10.6 Å². The van der Waals surface area contributed by atoms with Crippen molar-refractivity contribution >= 4 is 41.0 Å². The van der Waals surface area contributed by atoms with Crippen molar-refractivity contribution in [3.8, 4) is 0 Å². The number of urea groups is 1. The lowest BCUT2D eigenvalue weighted by atomic mass is 10.2. The van der Waals surface area contributed by atoms with Gasteiger partial charge in [0.05, 0.1) is 16.3 Å². The van der Waals surface area contributed by atoms with Gasteiger partial charge in [-0.15, -0.1) is 23.1 Å². The number of esters is 1. The summed E-state index contributed by atoms with van der Waals surface area (Å²) in [5, 5.41) is 7.94. The lowest BCUT2D eigenvalue weighted by Crippen LogP contribution is -2.45. The molecule has 0 bridgehead atoms. The highest BCUT2D eigenvalue weighted by Gasteiger charge is 2.19. The van der Waals surface area contributed by atoms with Gasteiger partial charge in [0.15, 0.2) is 6.61 Å². The van der Waals surface area contributed by atoms with Crippen LogP contribution in [-0.4, -0.2) is 35.5 Å². The summed E-state index contributed by atoms with van der Waals surface area (Å²) in [6.07, 6.45) is 4.00. The number of carbonyl (C=O) groups is 3. The second-order valence-electron chi connectivity index (χ2n) is 6.72. The third-order valence-corrected chi connectivity index (χ3v) is 6.36. The van der Waals surface area contributed by atoms with E-state index in [1.165, 1.54) is 11.8 Å². The molecule has 1 fully saturated rings. The number of aryl methyl sites for hydroxylation is 1. The lowest BCUT2D eigenvalue weighted by molar-refractivity contribution is -0.123. The molecule has 0 saturated heterocycles. The Kier molecular flexibility index (Phi) is 7.65. The highest BCUT2D eigenvalue weighted by atomic mass is 32.2. The first-order chi connectivity index (χ1) is 14.0. The van der Waals surface area contributed by atoms with Crippen LogP contribution in [0.1, 0.15) is 46.7 Å². The molecule has 1 aliphatic rings. The van der Waals surface area contributed by atoms with E-state index in [2.05, 4.69) is 15.6 Å². The standard InChI is InChI=1S/C20H23N3O4S2/c1-13-21-15(11-28-13)12-29-17-9-5-4-8-16(17)19(25)27-10-18(24)23-20(26)22-14-6-2-3-7-14/h4-5,8-9,11,14H,2-3,6-7,10,12H2,1H3,(H2,22,23,24,26). The van der Waals surface area contributed by atoms with Crippen molar-refractivity contribution in [1.29, 1.82) is 0 Å². The summed E-state index contributed by atoms with van der Waals surface area (Å²) in [6, 6.07) is 6.62. The summed E-state index contributed by atoms with van der Waals surface area (Å²) in [7, 11) is 0. The Labute approximate surface area is 177 Å². The molecule has 1 saturated carbocycles. The summed E-state index contributed by atoms with van der Waals surface area (Å²) < 4.78 is 5.10. The minimum Gasteiger partial charge on any atom is -0.452 e. The van der Waals surface area contributed by atoms with Gasteiger partial charge in [0.1, 0.15) is 0 Å². The van der Waals surface area contributed by atoms with Crippen LogP contribution in [0.2, 0.25) is 0 Å². The maximum absolute atomic E-state index is 12.4. The lowest BCUT2D eigenvalue weighted by Gasteiger charge is -2.12. The molecule has 3 rings (SSSR count). The maximum Gasteiger partial charge on any atom is 0.339 e. The zero-order chi connectivity index (χ0) is 20.6. The molecule has 2 N–H and O–H groups in total. The van der Waals surface area contributed by atoms with Crippen LogP contribution in [0, 0.1) is 6.92 Å². The van der Waals surface area contributed by atoms with E-state index in [0.29, 0.717) is 11.3 Å². The quantitative estimate of drug-likeness (QED) is 0.511. The van der Waals surface area contributed by atoms with Gasteiger partial charge in [-0.1, -0.05) is 25.0 Å². The Bertz CT molecular complexity index is 878. The van der Waals surface area contributed by atoms with Crippen molar-refractivity contribution in [2.75, 3.05) is 6.61 Å². The molecule has 3 amide bonds. The van der Waals surface area contributed by atoms with Crippen LogP contribution >= 0.6 is 23.1 Å². The number of thiazole rings is 1. The van der Waals surface area contributed by atoms with Gasteiger partial charge in [-0.2, -0.15) is 0 Å². The molecular weight excluding hydrogens is 410 g/mol. The first kappa shape index (κ1) is 21.3. The van der Waals surface area contributed by atoms with Crippen LogP contribution in [0.5, 0.6) is 0 Å². The third kappa shape index (κ3) is 6.57. The molecule has 1 heterocycles. The largest absolute Gasteiger partial charge is 0.452 e. The minimum atomic E-state index is -0.656. The van der Waals surface area contributed by atoms with E-state index in [4.69, 9.17) is 4.74 Å². The van der Waals surface area contributed by atoms with Crippen LogP contribution in [0.3, 0.4) is 0 Å². The van der Waals surface area contributed by atoms with Crippen LogP contribution in [0.4, 0.5) is 4.79 Å². The van der Waals surface area contributed by atoms with Gasteiger partial charge < -0.3 is 10.1 Å². The number of imide groups is 1. The number of carbonyl (C=O) groups excluding carboxylic acids is 3. The average Bonchev–Trinajstić information content (AvgIpc) is 3.36. The van der Waals surface area contributed by atoms with Crippen molar-refractivity contribution in [3.63, 3.8) is 0 Å². The molecule has 1 aromatic carbocycles. The number of ether oxygens (including phenoxy) is 1. The Hall–Kier alpha value is -2.39. The van der Waals surface area contributed by atoms with E-state index in [9.17, 15) is 14.4 Å². The molecule has 0 unspecified atom stereocenters. The van der Waals surface area contributed by atoms with Crippen molar-refractivity contribution in [3.05, 3.63) is 45.9 Å². The Balaban J connectivity index is 1.48. The van der Waals surface area contributed by atoms with Crippen molar-refractivity contribution in [2.24, 2.45) is 0 Å². The summed E-state index contributed by atoms with van der Waals surface area (Å²) in [4.78, 5) is 41.3. The number of aromatic nitrogens is 1. The summed E-state index contributed by atoms with van der Waals surface area (Å²) in [6.45, 7) is 1.43.